The van der Waals surface area contributed by atoms with E-state index in [0.29, 0.717) is 0 Å². The van der Waals surface area contributed by atoms with Crippen LogP contribution in [0.1, 0.15) is 29.1 Å². The fourth-order valence-corrected chi connectivity index (χ4v) is 8.25. The van der Waals surface area contributed by atoms with E-state index >= 15 is 0 Å². The van der Waals surface area contributed by atoms with Crippen molar-refractivity contribution in [3.8, 4) is 31.3 Å². The predicted molar refractivity (Wildman–Crippen MR) is 195 cm³/mol. The zero-order valence-electron chi connectivity index (χ0n) is 23.8. The fraction of sp³-hybridized carbons (Fsp3) is 0. The van der Waals surface area contributed by atoms with Gasteiger partial charge in [0.05, 0.1) is 9.75 Å². The third-order valence-corrected chi connectivity index (χ3v) is 11.4. The van der Waals surface area contributed by atoms with Crippen molar-refractivity contribution >= 4 is 87.1 Å². The maximum Gasteiger partial charge on any atom is 0.160 e. The summed E-state index contributed by atoms with van der Waals surface area (Å²) in [4.78, 5) is 31.9. The van der Waals surface area contributed by atoms with Crippen molar-refractivity contribution in [3.63, 3.8) is 0 Å². The van der Waals surface area contributed by atoms with Crippen LogP contribution in [0.2, 0.25) is 0 Å². The molecule has 0 N–H and O–H groups in total. The highest BCUT2D eigenvalue weighted by molar-refractivity contribution is 7.17. The summed E-state index contributed by atoms with van der Waals surface area (Å²) in [5.41, 5.74) is 6.44. The summed E-state index contributed by atoms with van der Waals surface area (Å²) in [5, 5.41) is 2.09. The van der Waals surface area contributed by atoms with Crippen molar-refractivity contribution in [2.45, 2.75) is 0 Å². The van der Waals surface area contributed by atoms with Gasteiger partial charge in [0.2, 0.25) is 0 Å². The fourth-order valence-electron chi connectivity index (χ4n) is 5.06. The Balaban J connectivity index is 1.20. The minimum atomic E-state index is 0.721. The minimum absolute atomic E-state index is 0.721. The molecule has 3 aromatic carbocycles. The number of aldehydes is 2. The van der Waals surface area contributed by atoms with E-state index in [1.165, 1.54) is 42.9 Å². The molecule has 0 bridgehead atoms. The van der Waals surface area contributed by atoms with Crippen LogP contribution >= 0.6 is 45.3 Å². The highest BCUT2D eigenvalue weighted by Crippen LogP contribution is 2.39. The first-order valence-corrected chi connectivity index (χ1v) is 17.5. The Labute approximate surface area is 277 Å². The molecular formula is C38H25NO2S4. The van der Waals surface area contributed by atoms with E-state index in [1.54, 1.807) is 22.7 Å². The number of rotatable bonds is 10. The van der Waals surface area contributed by atoms with Crippen molar-refractivity contribution < 1.29 is 9.59 Å². The van der Waals surface area contributed by atoms with E-state index in [4.69, 9.17) is 0 Å². The summed E-state index contributed by atoms with van der Waals surface area (Å²) in [6, 6.07) is 41.9. The summed E-state index contributed by atoms with van der Waals surface area (Å²) >= 11 is 6.51. The van der Waals surface area contributed by atoms with Gasteiger partial charge in [0.25, 0.3) is 0 Å². The summed E-state index contributed by atoms with van der Waals surface area (Å²) in [5.74, 6) is 0. The Morgan fingerprint density at radius 3 is 1.20 bits per heavy atom. The van der Waals surface area contributed by atoms with E-state index in [0.717, 1.165) is 60.3 Å². The maximum absolute atomic E-state index is 11.2. The normalized spacial score (nSPS) is 11.2. The molecule has 4 heterocycles. The molecule has 0 aliphatic carbocycles. The van der Waals surface area contributed by atoms with Crippen LogP contribution < -0.4 is 4.90 Å². The van der Waals surface area contributed by atoms with Gasteiger partial charge in [-0.05, 0) is 113 Å². The summed E-state index contributed by atoms with van der Waals surface area (Å²) in [6.45, 7) is 0. The number of carbonyl (C=O) groups is 2. The molecule has 0 aliphatic rings. The van der Waals surface area contributed by atoms with Crippen LogP contribution in [0.4, 0.5) is 17.1 Å². The van der Waals surface area contributed by atoms with Gasteiger partial charge in [-0.15, -0.1) is 45.3 Å². The lowest BCUT2D eigenvalue weighted by molar-refractivity contribution is 0.111. The van der Waals surface area contributed by atoms with Gasteiger partial charge >= 0.3 is 0 Å². The second-order valence-corrected chi connectivity index (χ2v) is 14.5. The molecule has 0 saturated carbocycles. The Morgan fingerprint density at radius 1 is 0.422 bits per heavy atom. The monoisotopic (exact) mass is 655 g/mol. The molecule has 4 aromatic heterocycles. The molecular weight excluding hydrogens is 631 g/mol. The summed E-state index contributed by atoms with van der Waals surface area (Å²) in [7, 11) is 0. The summed E-state index contributed by atoms with van der Waals surface area (Å²) in [6.07, 6.45) is 6.13. The van der Waals surface area contributed by atoms with Crippen LogP contribution in [0, 0.1) is 0 Å². The molecule has 0 atom stereocenters. The van der Waals surface area contributed by atoms with E-state index in [2.05, 4.69) is 119 Å². The first-order valence-electron chi connectivity index (χ1n) is 14.2. The molecule has 0 unspecified atom stereocenters. The van der Waals surface area contributed by atoms with Crippen molar-refractivity contribution in [2.75, 3.05) is 4.90 Å². The largest absolute Gasteiger partial charge is 0.311 e. The Kier molecular flexibility index (Phi) is 8.49. The van der Waals surface area contributed by atoms with Crippen LogP contribution in [0.3, 0.4) is 0 Å². The van der Waals surface area contributed by atoms with Crippen molar-refractivity contribution in [2.24, 2.45) is 0 Å². The van der Waals surface area contributed by atoms with Gasteiger partial charge < -0.3 is 4.90 Å². The van der Waals surface area contributed by atoms with E-state index < -0.39 is 0 Å². The molecule has 7 aromatic rings. The molecule has 0 saturated heterocycles. The number of benzene rings is 3. The number of carbonyl (C=O) groups excluding carboxylic acids is 2. The lowest BCUT2D eigenvalue weighted by Crippen LogP contribution is -2.09. The smallest absolute Gasteiger partial charge is 0.160 e. The molecule has 45 heavy (non-hydrogen) atoms. The molecule has 0 radical (unpaired) electrons. The van der Waals surface area contributed by atoms with Crippen molar-refractivity contribution in [1.29, 1.82) is 0 Å². The molecule has 7 rings (SSSR count). The second kappa shape index (κ2) is 13.1. The highest BCUT2D eigenvalue weighted by atomic mass is 32.1. The molecule has 218 valence electrons. The van der Waals surface area contributed by atoms with Crippen molar-refractivity contribution in [3.05, 3.63) is 146 Å². The van der Waals surface area contributed by atoms with Gasteiger partial charge in [0.15, 0.2) is 12.6 Å². The predicted octanol–water partition coefficient (Wildman–Crippen LogP) is 12.2. The highest BCUT2D eigenvalue weighted by Gasteiger charge is 2.15. The average Bonchev–Trinajstić information content (AvgIpc) is 3.92. The second-order valence-electron chi connectivity index (χ2n) is 10.2. The van der Waals surface area contributed by atoms with Gasteiger partial charge in [-0.1, -0.05) is 42.5 Å². The first-order chi connectivity index (χ1) is 22.2. The van der Waals surface area contributed by atoms with Gasteiger partial charge in [-0.2, -0.15) is 0 Å². The van der Waals surface area contributed by atoms with Gasteiger partial charge in [0.1, 0.15) is 0 Å². The molecule has 7 heteroatoms. The average molecular weight is 656 g/mol. The third-order valence-electron chi connectivity index (χ3n) is 7.30. The number of nitrogens with zero attached hydrogens (tertiary/aromatic N) is 1. The van der Waals surface area contributed by atoms with Crippen LogP contribution in [-0.4, -0.2) is 12.6 Å². The topological polar surface area (TPSA) is 37.4 Å². The maximum atomic E-state index is 11.2. The number of anilines is 3. The lowest BCUT2D eigenvalue weighted by atomic mass is 10.1. The standard InChI is InChI=1S/C38H25NO2S4/c40-24-34-18-21-37(44-34)27-5-11-30(12-6-27)39(31-13-7-28(8-14-31)38-22-19-35(25-41)45-38)29-9-3-26(4-10-29)36-20-17-33(43-36)16-15-32-2-1-23-42-32/h1-25H/b16-15+. The van der Waals surface area contributed by atoms with Crippen LogP contribution in [-0.2, 0) is 0 Å². The molecule has 0 fully saturated rings. The Bertz CT molecular complexity index is 1990. The minimum Gasteiger partial charge on any atom is -0.311 e. The molecule has 0 aliphatic heterocycles. The van der Waals surface area contributed by atoms with Crippen LogP contribution in [0.15, 0.2) is 127 Å². The zero-order chi connectivity index (χ0) is 30.6. The molecule has 0 spiro atoms. The van der Waals surface area contributed by atoms with Crippen LogP contribution in [0.5, 0.6) is 0 Å². The first kappa shape index (κ1) is 29.1. The Hall–Kier alpha value is -4.66. The lowest BCUT2D eigenvalue weighted by Gasteiger charge is -2.26. The van der Waals surface area contributed by atoms with Crippen LogP contribution in [0.25, 0.3) is 43.5 Å². The van der Waals surface area contributed by atoms with Gasteiger partial charge in [-0.25, -0.2) is 0 Å². The van der Waals surface area contributed by atoms with E-state index in [1.807, 2.05) is 24.3 Å². The van der Waals surface area contributed by atoms with Crippen molar-refractivity contribution in [1.82, 2.24) is 0 Å². The van der Waals surface area contributed by atoms with E-state index in [9.17, 15) is 9.59 Å². The number of thiophene rings is 4. The SMILES string of the molecule is O=Cc1ccc(-c2ccc(N(c3ccc(-c4ccc(C=O)s4)cc3)c3ccc(-c4ccc(/C=C/c5cccs5)s4)cc3)cc2)s1. The third kappa shape index (κ3) is 6.43. The van der Waals surface area contributed by atoms with Gasteiger partial charge in [-0.3, -0.25) is 9.59 Å². The number of hydrogen-bond acceptors (Lipinski definition) is 7. The summed E-state index contributed by atoms with van der Waals surface area (Å²) < 4.78 is 0. The number of hydrogen-bond donors (Lipinski definition) is 0. The zero-order valence-corrected chi connectivity index (χ0v) is 27.1. The van der Waals surface area contributed by atoms with E-state index in [-0.39, 0.29) is 0 Å². The Morgan fingerprint density at radius 2 is 0.822 bits per heavy atom. The quantitative estimate of drug-likeness (QED) is 0.138. The molecule has 3 nitrogen and oxygen atoms in total. The molecule has 0 amide bonds. The van der Waals surface area contributed by atoms with Gasteiger partial charge in [0, 0.05) is 41.4 Å².